The van der Waals surface area contributed by atoms with Gasteiger partial charge >= 0.3 is 5.97 Å². The number of hydrogen-bond donors (Lipinski definition) is 0. The van der Waals surface area contributed by atoms with Gasteiger partial charge in [-0.25, -0.2) is 9.78 Å². The Hall–Kier alpha value is -3.25. The molecule has 0 saturated heterocycles. The number of rotatable bonds is 3. The number of halogens is 1. The van der Waals surface area contributed by atoms with Gasteiger partial charge in [-0.05, 0) is 42.8 Å². The van der Waals surface area contributed by atoms with Gasteiger partial charge in [0.1, 0.15) is 11.8 Å². The fourth-order valence-electron chi connectivity index (χ4n) is 3.11. The van der Waals surface area contributed by atoms with E-state index in [1.165, 1.54) is 25.2 Å². The van der Waals surface area contributed by atoms with Crippen molar-refractivity contribution in [2.24, 2.45) is 0 Å². The summed E-state index contributed by atoms with van der Waals surface area (Å²) >= 11 is 6.22. The summed E-state index contributed by atoms with van der Waals surface area (Å²) in [6.07, 6.45) is 0. The maximum Gasteiger partial charge on any atom is 0.338 e. The van der Waals surface area contributed by atoms with Gasteiger partial charge in [-0.15, -0.1) is 0 Å². The topological polar surface area (TPSA) is 76.6 Å². The summed E-state index contributed by atoms with van der Waals surface area (Å²) < 4.78 is 5.34. The normalized spacial score (nSPS) is 13.2. The highest BCUT2D eigenvalue weighted by atomic mass is 35.5. The van der Waals surface area contributed by atoms with E-state index < -0.39 is 11.9 Å². The molecule has 7 heteroatoms. The van der Waals surface area contributed by atoms with E-state index in [9.17, 15) is 14.4 Å². The SMILES string of the molecule is Cc1ccc2cc(COC(=O)c3ccc4c(c3)C(=O)N(C)C4=O)c(Cl)nc2c1. The molecule has 28 heavy (non-hydrogen) atoms. The third kappa shape index (κ3) is 3.01. The van der Waals surface area contributed by atoms with E-state index in [1.807, 2.05) is 31.2 Å². The van der Waals surface area contributed by atoms with E-state index in [4.69, 9.17) is 16.3 Å². The Bertz CT molecular complexity index is 1170. The number of benzene rings is 2. The molecule has 1 aliphatic rings. The number of ether oxygens (including phenoxy) is 1. The summed E-state index contributed by atoms with van der Waals surface area (Å²) in [7, 11) is 1.40. The minimum Gasteiger partial charge on any atom is -0.457 e. The van der Waals surface area contributed by atoms with Gasteiger partial charge in [0.2, 0.25) is 0 Å². The minimum atomic E-state index is -0.613. The van der Waals surface area contributed by atoms with E-state index in [1.54, 1.807) is 0 Å². The quantitative estimate of drug-likeness (QED) is 0.384. The predicted molar refractivity (Wildman–Crippen MR) is 103 cm³/mol. The summed E-state index contributed by atoms with van der Waals surface area (Å²) in [5.74, 6) is -1.44. The van der Waals surface area contributed by atoms with Crippen molar-refractivity contribution >= 4 is 40.3 Å². The maximum atomic E-state index is 12.4. The molecule has 6 nitrogen and oxygen atoms in total. The van der Waals surface area contributed by atoms with Crippen molar-refractivity contribution in [3.63, 3.8) is 0 Å². The van der Waals surface area contributed by atoms with E-state index in [2.05, 4.69) is 4.98 Å². The van der Waals surface area contributed by atoms with Crippen molar-refractivity contribution in [2.75, 3.05) is 7.05 Å². The first-order chi connectivity index (χ1) is 13.3. The number of amides is 2. The van der Waals surface area contributed by atoms with E-state index in [0.29, 0.717) is 5.56 Å². The fraction of sp³-hybridized carbons (Fsp3) is 0.143. The number of esters is 1. The van der Waals surface area contributed by atoms with Gasteiger partial charge in [-0.1, -0.05) is 23.7 Å². The van der Waals surface area contributed by atoms with Gasteiger partial charge < -0.3 is 4.74 Å². The molecular formula is C21H15ClN2O4. The molecule has 0 aliphatic carbocycles. The van der Waals surface area contributed by atoms with Crippen LogP contribution in [0.1, 0.15) is 42.2 Å². The molecule has 4 rings (SSSR count). The number of carbonyl (C=O) groups excluding carboxylic acids is 3. The predicted octanol–water partition coefficient (Wildman–Crippen LogP) is 3.78. The molecule has 0 saturated carbocycles. The van der Waals surface area contributed by atoms with Crippen LogP contribution in [0.5, 0.6) is 0 Å². The monoisotopic (exact) mass is 394 g/mol. The first-order valence-corrected chi connectivity index (χ1v) is 8.92. The van der Waals surface area contributed by atoms with Crippen molar-refractivity contribution in [3.05, 3.63) is 75.4 Å². The van der Waals surface area contributed by atoms with Crippen molar-refractivity contribution in [1.82, 2.24) is 9.88 Å². The largest absolute Gasteiger partial charge is 0.457 e. The average Bonchev–Trinajstić information content (AvgIpc) is 2.90. The zero-order valence-corrected chi connectivity index (χ0v) is 15.9. The number of hydrogen-bond acceptors (Lipinski definition) is 5. The number of carbonyl (C=O) groups is 3. The summed E-state index contributed by atoms with van der Waals surface area (Å²) in [4.78, 5) is 41.8. The van der Waals surface area contributed by atoms with Crippen LogP contribution in [0.4, 0.5) is 0 Å². The Labute approximate surface area is 165 Å². The number of nitrogens with zero attached hydrogens (tertiary/aromatic N) is 2. The van der Waals surface area contributed by atoms with Crippen LogP contribution in [0.3, 0.4) is 0 Å². The Morgan fingerprint density at radius 3 is 2.61 bits per heavy atom. The third-order valence-electron chi connectivity index (χ3n) is 4.68. The molecule has 2 heterocycles. The number of aryl methyl sites for hydroxylation is 1. The second kappa shape index (κ2) is 6.73. The zero-order valence-electron chi connectivity index (χ0n) is 15.2. The zero-order chi connectivity index (χ0) is 20.0. The van der Waals surface area contributed by atoms with Gasteiger partial charge in [-0.2, -0.15) is 0 Å². The standard InChI is InChI=1S/C21H15ClN2O4/c1-11-3-4-12-8-14(18(22)23-17(12)7-11)10-28-21(27)13-5-6-15-16(9-13)20(26)24(2)19(15)25/h3-9H,10H2,1-2H3. The molecule has 140 valence electrons. The molecule has 0 N–H and O–H groups in total. The molecule has 0 bridgehead atoms. The lowest BCUT2D eigenvalue weighted by atomic mass is 10.1. The first-order valence-electron chi connectivity index (χ1n) is 8.54. The van der Waals surface area contributed by atoms with Crippen LogP contribution in [0, 0.1) is 6.92 Å². The second-order valence-electron chi connectivity index (χ2n) is 6.64. The summed E-state index contributed by atoms with van der Waals surface area (Å²) in [5, 5.41) is 1.16. The third-order valence-corrected chi connectivity index (χ3v) is 5.01. The van der Waals surface area contributed by atoms with Crippen LogP contribution >= 0.6 is 11.6 Å². The van der Waals surface area contributed by atoms with Crippen LogP contribution in [0.25, 0.3) is 10.9 Å². The van der Waals surface area contributed by atoms with Crippen LogP contribution in [0.15, 0.2) is 42.5 Å². The Morgan fingerprint density at radius 2 is 1.82 bits per heavy atom. The fourth-order valence-corrected chi connectivity index (χ4v) is 3.31. The van der Waals surface area contributed by atoms with Crippen molar-refractivity contribution in [3.8, 4) is 0 Å². The average molecular weight is 395 g/mol. The van der Waals surface area contributed by atoms with E-state index in [-0.39, 0.29) is 34.4 Å². The Kier molecular flexibility index (Phi) is 4.35. The lowest BCUT2D eigenvalue weighted by molar-refractivity contribution is 0.0472. The number of imide groups is 1. The minimum absolute atomic E-state index is 0.0572. The van der Waals surface area contributed by atoms with Crippen LogP contribution < -0.4 is 0 Å². The van der Waals surface area contributed by atoms with Crippen molar-refractivity contribution in [2.45, 2.75) is 13.5 Å². The summed E-state index contributed by atoms with van der Waals surface area (Å²) in [6, 6.07) is 12.0. The van der Waals surface area contributed by atoms with E-state index >= 15 is 0 Å². The van der Waals surface area contributed by atoms with Gasteiger partial charge in [0.05, 0.1) is 22.2 Å². The highest BCUT2D eigenvalue weighted by Gasteiger charge is 2.33. The number of fused-ring (bicyclic) bond motifs is 2. The Balaban J connectivity index is 1.55. The summed E-state index contributed by atoms with van der Waals surface area (Å²) in [5.41, 5.74) is 3.09. The van der Waals surface area contributed by atoms with Crippen LogP contribution in [-0.2, 0) is 11.3 Å². The van der Waals surface area contributed by atoms with E-state index in [0.717, 1.165) is 21.4 Å². The molecule has 0 radical (unpaired) electrons. The van der Waals surface area contributed by atoms with Gasteiger partial charge in [0, 0.05) is 18.0 Å². The molecule has 2 amide bonds. The summed E-state index contributed by atoms with van der Waals surface area (Å²) in [6.45, 7) is 1.91. The molecule has 0 atom stereocenters. The van der Waals surface area contributed by atoms with Gasteiger partial charge in [0.25, 0.3) is 11.8 Å². The lowest BCUT2D eigenvalue weighted by Gasteiger charge is -2.09. The molecule has 2 aromatic carbocycles. The van der Waals surface area contributed by atoms with Gasteiger partial charge in [-0.3, -0.25) is 14.5 Å². The first kappa shape index (κ1) is 18.1. The molecule has 3 aromatic rings. The smallest absolute Gasteiger partial charge is 0.338 e. The molecule has 1 aliphatic heterocycles. The molecule has 0 unspecified atom stereocenters. The Morgan fingerprint density at radius 1 is 1.07 bits per heavy atom. The van der Waals surface area contributed by atoms with Crippen molar-refractivity contribution < 1.29 is 19.1 Å². The molecule has 1 aromatic heterocycles. The van der Waals surface area contributed by atoms with Gasteiger partial charge in [0.15, 0.2) is 0 Å². The number of aromatic nitrogens is 1. The molecular weight excluding hydrogens is 380 g/mol. The number of pyridine rings is 1. The highest BCUT2D eigenvalue weighted by molar-refractivity contribution is 6.30. The van der Waals surface area contributed by atoms with Crippen LogP contribution in [0.2, 0.25) is 5.15 Å². The van der Waals surface area contributed by atoms with Crippen molar-refractivity contribution in [1.29, 1.82) is 0 Å². The highest BCUT2D eigenvalue weighted by Crippen LogP contribution is 2.25. The molecule has 0 fully saturated rings. The lowest BCUT2D eigenvalue weighted by Crippen LogP contribution is -2.24. The second-order valence-corrected chi connectivity index (χ2v) is 7.00. The molecule has 0 spiro atoms. The van der Waals surface area contributed by atoms with Crippen LogP contribution in [-0.4, -0.2) is 34.7 Å². The maximum absolute atomic E-state index is 12.4.